The highest BCUT2D eigenvalue weighted by atomic mass is 16.3. The van der Waals surface area contributed by atoms with Gasteiger partial charge in [0.05, 0.1) is 0 Å². The van der Waals surface area contributed by atoms with Crippen molar-refractivity contribution in [2.24, 2.45) is 0 Å². The molecule has 0 heterocycles. The Morgan fingerprint density at radius 2 is 1.80 bits per heavy atom. The molecule has 1 unspecified atom stereocenters. The number of hydrogen-bond donors (Lipinski definition) is 4. The van der Waals surface area contributed by atoms with Gasteiger partial charge in [-0.1, -0.05) is 18.2 Å². The lowest BCUT2D eigenvalue weighted by Crippen LogP contribution is -2.18. The highest BCUT2D eigenvalue weighted by Gasteiger charge is 2.36. The van der Waals surface area contributed by atoms with Crippen LogP contribution in [0, 0.1) is 0 Å². The van der Waals surface area contributed by atoms with E-state index in [9.17, 15) is 20.4 Å². The van der Waals surface area contributed by atoms with Crippen LogP contribution < -0.4 is 0 Å². The number of phenols is 2. The first kappa shape index (κ1) is 11.5. The van der Waals surface area contributed by atoms with Crippen molar-refractivity contribution in [2.45, 2.75) is 25.2 Å². The molecule has 4 nitrogen and oxygen atoms in total. The van der Waals surface area contributed by atoms with Gasteiger partial charge in [0.25, 0.3) is 0 Å². The van der Waals surface area contributed by atoms with Gasteiger partial charge in [0.1, 0.15) is 5.76 Å². The maximum Gasteiger partial charge on any atom is 0.165 e. The highest BCUT2D eigenvalue weighted by Crippen LogP contribution is 2.53. The Bertz CT molecular complexity index is 789. The number of hydrogen-bond acceptors (Lipinski definition) is 4. The average molecular weight is 270 g/mol. The van der Waals surface area contributed by atoms with Crippen LogP contribution in [0.5, 0.6) is 11.5 Å². The van der Waals surface area contributed by atoms with E-state index in [1.807, 2.05) is 0 Å². The fourth-order valence-corrected chi connectivity index (χ4v) is 3.63. The molecule has 4 heteroatoms. The number of aliphatic hydroxyl groups excluding tert-OH is 2. The first-order valence-corrected chi connectivity index (χ1v) is 6.73. The normalized spacial score (nSPS) is 20.5. The third kappa shape index (κ3) is 1.17. The van der Waals surface area contributed by atoms with Crippen molar-refractivity contribution in [2.75, 3.05) is 0 Å². The third-order valence-electron chi connectivity index (χ3n) is 4.52. The minimum atomic E-state index is -0.289. The van der Waals surface area contributed by atoms with Crippen LogP contribution in [-0.4, -0.2) is 20.4 Å². The monoisotopic (exact) mass is 270 g/mol. The molecule has 0 radical (unpaired) electrons. The van der Waals surface area contributed by atoms with Gasteiger partial charge in [-0.3, -0.25) is 0 Å². The molecule has 4 N–H and O–H groups in total. The highest BCUT2D eigenvalue weighted by molar-refractivity contribution is 6.03. The zero-order valence-electron chi connectivity index (χ0n) is 10.7. The molecule has 2 aromatic carbocycles. The van der Waals surface area contributed by atoms with E-state index in [0.717, 1.165) is 23.8 Å². The Labute approximate surface area is 115 Å². The Morgan fingerprint density at radius 1 is 1.00 bits per heavy atom. The van der Waals surface area contributed by atoms with Crippen LogP contribution in [-0.2, 0) is 6.42 Å². The van der Waals surface area contributed by atoms with Gasteiger partial charge >= 0.3 is 0 Å². The molecule has 0 amide bonds. The number of aliphatic hydroxyl groups is 2. The van der Waals surface area contributed by atoms with E-state index in [4.69, 9.17) is 0 Å². The van der Waals surface area contributed by atoms with Gasteiger partial charge in [-0.2, -0.15) is 0 Å². The predicted molar refractivity (Wildman–Crippen MR) is 75.1 cm³/mol. The van der Waals surface area contributed by atoms with Gasteiger partial charge < -0.3 is 20.4 Å². The maximum absolute atomic E-state index is 10.2. The molecule has 0 bridgehead atoms. The molecule has 0 aromatic heterocycles. The number of phenolic OH excluding ortho intramolecular Hbond substituents is 2. The fourth-order valence-electron chi connectivity index (χ4n) is 3.63. The largest absolute Gasteiger partial charge is 0.508 e. The summed E-state index contributed by atoms with van der Waals surface area (Å²) in [6.07, 6.45) is 2.20. The Kier molecular flexibility index (Phi) is 2.06. The molecule has 0 saturated heterocycles. The molecule has 0 saturated carbocycles. The van der Waals surface area contributed by atoms with Crippen LogP contribution in [0.15, 0.2) is 24.0 Å². The molecular formula is C16H14O4. The summed E-state index contributed by atoms with van der Waals surface area (Å²) in [5.41, 5.74) is 2.06. The van der Waals surface area contributed by atoms with E-state index in [2.05, 4.69) is 0 Å². The summed E-state index contributed by atoms with van der Waals surface area (Å²) in [4.78, 5) is 0. The van der Waals surface area contributed by atoms with Crippen LogP contribution >= 0.6 is 0 Å². The molecule has 4 rings (SSSR count). The summed E-state index contributed by atoms with van der Waals surface area (Å²) >= 11 is 0. The van der Waals surface area contributed by atoms with Crippen molar-refractivity contribution in [3.8, 4) is 11.5 Å². The van der Waals surface area contributed by atoms with Crippen LogP contribution in [0.2, 0.25) is 0 Å². The van der Waals surface area contributed by atoms with E-state index in [1.165, 1.54) is 0 Å². The molecule has 2 aliphatic rings. The van der Waals surface area contributed by atoms with E-state index in [-0.39, 0.29) is 28.9 Å². The third-order valence-corrected chi connectivity index (χ3v) is 4.52. The molecular weight excluding hydrogens is 256 g/mol. The standard InChI is InChI=1S/C16H14O4/c17-13-7-3-1-4-8-11(7)12-9(15(13)19)5-2-6-10(12)16(20)14(8)18/h1,3-4,9,17-20H,2,5-6H2. The molecule has 0 spiro atoms. The van der Waals surface area contributed by atoms with Crippen molar-refractivity contribution >= 4 is 16.5 Å². The lowest BCUT2D eigenvalue weighted by atomic mass is 9.74. The maximum atomic E-state index is 10.2. The predicted octanol–water partition coefficient (Wildman–Crippen LogP) is 3.47. The van der Waals surface area contributed by atoms with Gasteiger partial charge in [-0.15, -0.1) is 0 Å². The lowest BCUT2D eigenvalue weighted by molar-refractivity contribution is 0.326. The quantitative estimate of drug-likeness (QED) is 0.552. The summed E-state index contributed by atoms with van der Waals surface area (Å²) in [5.74, 6) is -0.677. The number of benzene rings is 2. The summed E-state index contributed by atoms with van der Waals surface area (Å²) in [7, 11) is 0. The van der Waals surface area contributed by atoms with Crippen LogP contribution in [0.1, 0.15) is 35.4 Å². The second-order valence-electron chi connectivity index (χ2n) is 5.50. The number of allylic oxidation sites excluding steroid dienone is 1. The smallest absolute Gasteiger partial charge is 0.165 e. The summed E-state index contributed by atoms with van der Waals surface area (Å²) in [5, 5.41) is 42.1. The zero-order valence-corrected chi connectivity index (χ0v) is 10.7. The Morgan fingerprint density at radius 3 is 2.60 bits per heavy atom. The van der Waals surface area contributed by atoms with Gasteiger partial charge in [0.15, 0.2) is 17.3 Å². The van der Waals surface area contributed by atoms with E-state index in [1.54, 1.807) is 18.2 Å². The molecule has 20 heavy (non-hydrogen) atoms. The molecule has 2 aromatic rings. The van der Waals surface area contributed by atoms with Crippen molar-refractivity contribution < 1.29 is 20.4 Å². The van der Waals surface area contributed by atoms with Gasteiger partial charge in [-0.25, -0.2) is 0 Å². The molecule has 102 valence electrons. The molecule has 2 aliphatic carbocycles. The minimum absolute atomic E-state index is 0.0314. The molecule has 0 aliphatic heterocycles. The first-order valence-electron chi connectivity index (χ1n) is 6.73. The Balaban J connectivity index is 2.28. The van der Waals surface area contributed by atoms with Crippen LogP contribution in [0.3, 0.4) is 0 Å². The topological polar surface area (TPSA) is 80.9 Å². The second kappa shape index (κ2) is 3.60. The minimum Gasteiger partial charge on any atom is -0.508 e. The fraction of sp³-hybridized carbons (Fsp3) is 0.250. The first-order chi connectivity index (χ1) is 9.61. The molecule has 1 atom stereocenters. The number of aromatic hydroxyl groups is 2. The van der Waals surface area contributed by atoms with E-state index < -0.39 is 0 Å². The summed E-state index contributed by atoms with van der Waals surface area (Å²) < 4.78 is 0. The van der Waals surface area contributed by atoms with Crippen LogP contribution in [0.4, 0.5) is 0 Å². The van der Waals surface area contributed by atoms with E-state index in [0.29, 0.717) is 22.9 Å². The van der Waals surface area contributed by atoms with Gasteiger partial charge in [0.2, 0.25) is 0 Å². The van der Waals surface area contributed by atoms with Gasteiger partial charge in [0, 0.05) is 27.8 Å². The Hall–Kier alpha value is -2.36. The lowest BCUT2D eigenvalue weighted by Gasteiger charge is -2.32. The van der Waals surface area contributed by atoms with Crippen molar-refractivity contribution in [3.05, 3.63) is 40.6 Å². The number of rotatable bonds is 0. The summed E-state index contributed by atoms with van der Waals surface area (Å²) in [6.45, 7) is 0. The van der Waals surface area contributed by atoms with E-state index >= 15 is 0 Å². The van der Waals surface area contributed by atoms with Crippen LogP contribution in [0.25, 0.3) is 16.5 Å². The average Bonchev–Trinajstić information content (AvgIpc) is 2.48. The summed E-state index contributed by atoms with van der Waals surface area (Å²) in [6, 6.07) is 5.13. The SMILES string of the molecule is OC1=C(O)C2CCCc3c(O)c(O)c4cccc1c4c32. The molecule has 0 fully saturated rings. The van der Waals surface area contributed by atoms with Gasteiger partial charge in [-0.05, 0) is 24.8 Å². The van der Waals surface area contributed by atoms with Crippen molar-refractivity contribution in [3.63, 3.8) is 0 Å². The zero-order chi connectivity index (χ0) is 14.0. The van der Waals surface area contributed by atoms with Crippen molar-refractivity contribution in [1.82, 2.24) is 0 Å². The van der Waals surface area contributed by atoms with Crippen molar-refractivity contribution in [1.29, 1.82) is 0 Å². The second-order valence-corrected chi connectivity index (χ2v) is 5.50.